The molecule has 1 atom stereocenters. The molecule has 1 aliphatic heterocycles. The van der Waals surface area contributed by atoms with Gasteiger partial charge in [-0.2, -0.15) is 0 Å². The Morgan fingerprint density at radius 2 is 1.91 bits per heavy atom. The lowest BCUT2D eigenvalue weighted by atomic mass is 9.87. The number of aliphatic hydroxyl groups excluding tert-OH is 1. The van der Waals surface area contributed by atoms with Crippen LogP contribution in [0.2, 0.25) is 5.02 Å². The lowest BCUT2D eigenvalue weighted by molar-refractivity contribution is 0.0950. The Bertz CT molecular complexity index is 967. The molecule has 2 aromatic rings. The average Bonchev–Trinajstić information content (AvgIpc) is 2.80. The molecule has 0 saturated heterocycles. The van der Waals surface area contributed by atoms with Crippen LogP contribution in [0.5, 0.6) is 17.2 Å². The number of allylic oxidation sites excluding steroid dienone is 1. The molecule has 2 aliphatic rings. The summed E-state index contributed by atoms with van der Waals surface area (Å²) >= 11 is 6.43. The van der Waals surface area contributed by atoms with Gasteiger partial charge in [-0.25, -0.2) is 0 Å². The van der Waals surface area contributed by atoms with Crippen molar-refractivity contribution < 1.29 is 19.4 Å². The fourth-order valence-corrected chi connectivity index (χ4v) is 4.79. The number of carbonyl (C=O) groups excluding carboxylic acids is 1. The average molecular weight is 456 g/mol. The maximum absolute atomic E-state index is 12.4. The molecule has 1 amide bonds. The van der Waals surface area contributed by atoms with Gasteiger partial charge in [0.1, 0.15) is 17.2 Å². The Labute approximate surface area is 194 Å². The highest BCUT2D eigenvalue weighted by atomic mass is 35.5. The summed E-state index contributed by atoms with van der Waals surface area (Å²) in [6, 6.07) is 10.5. The van der Waals surface area contributed by atoms with Gasteiger partial charge in [0.25, 0.3) is 5.91 Å². The van der Waals surface area contributed by atoms with Crippen LogP contribution in [-0.4, -0.2) is 24.2 Å². The number of carbonyl (C=O) groups is 1. The Morgan fingerprint density at radius 1 is 1.16 bits per heavy atom. The molecule has 32 heavy (non-hydrogen) atoms. The van der Waals surface area contributed by atoms with Crippen LogP contribution in [0.25, 0.3) is 0 Å². The topological polar surface area (TPSA) is 67.8 Å². The van der Waals surface area contributed by atoms with Crippen LogP contribution >= 0.6 is 11.6 Å². The zero-order valence-corrected chi connectivity index (χ0v) is 19.0. The minimum atomic E-state index is -0.193. The van der Waals surface area contributed by atoms with Gasteiger partial charge in [-0.15, -0.1) is 0 Å². The van der Waals surface area contributed by atoms with E-state index in [1.54, 1.807) is 36.4 Å². The number of benzene rings is 2. The minimum absolute atomic E-state index is 0.0668. The van der Waals surface area contributed by atoms with Crippen molar-refractivity contribution in [1.82, 2.24) is 5.32 Å². The molecule has 170 valence electrons. The standard InChI is InChI=1S/C26H30ClNO4/c1-17(29)21-12-14-31-24-16-25(23(27)15-22(21)24)32-20-9-7-19(8-10-20)26(30)28-13-11-18-5-3-2-4-6-18/h7-10,15-16,18,21,29H,1-6,11-14H2,(H,28,30). The van der Waals surface area contributed by atoms with Gasteiger partial charge in [-0.05, 0) is 49.1 Å². The monoisotopic (exact) mass is 455 g/mol. The summed E-state index contributed by atoms with van der Waals surface area (Å²) in [7, 11) is 0. The molecule has 4 rings (SSSR count). The molecule has 0 bridgehead atoms. The molecule has 5 nitrogen and oxygen atoms in total. The Kier molecular flexibility index (Phi) is 7.26. The van der Waals surface area contributed by atoms with Crippen LogP contribution in [0.1, 0.15) is 66.8 Å². The second kappa shape index (κ2) is 10.3. The highest BCUT2D eigenvalue weighted by Gasteiger charge is 2.26. The molecule has 6 heteroatoms. The predicted octanol–water partition coefficient (Wildman–Crippen LogP) is 6.77. The summed E-state index contributed by atoms with van der Waals surface area (Å²) in [6.07, 6.45) is 8.26. The van der Waals surface area contributed by atoms with Gasteiger partial charge in [0.2, 0.25) is 0 Å². The molecular formula is C26H30ClNO4. The van der Waals surface area contributed by atoms with Crippen molar-refractivity contribution in [2.75, 3.05) is 13.2 Å². The fraction of sp³-hybridized carbons (Fsp3) is 0.423. The Hall–Kier alpha value is -2.66. The molecule has 2 aromatic carbocycles. The number of fused-ring (bicyclic) bond motifs is 1. The zero-order valence-electron chi connectivity index (χ0n) is 18.2. The number of aliphatic hydroxyl groups is 1. The van der Waals surface area contributed by atoms with Gasteiger partial charge < -0.3 is 19.9 Å². The van der Waals surface area contributed by atoms with Crippen LogP contribution in [0.4, 0.5) is 0 Å². The van der Waals surface area contributed by atoms with Gasteiger partial charge in [0.15, 0.2) is 0 Å². The van der Waals surface area contributed by atoms with E-state index in [4.69, 9.17) is 21.1 Å². The third kappa shape index (κ3) is 5.39. The normalized spacial score (nSPS) is 18.3. The number of amides is 1. The van der Waals surface area contributed by atoms with Gasteiger partial charge in [-0.3, -0.25) is 4.79 Å². The summed E-state index contributed by atoms with van der Waals surface area (Å²) in [6.45, 7) is 4.86. The summed E-state index contributed by atoms with van der Waals surface area (Å²) in [5.74, 6) is 2.25. The number of nitrogens with one attached hydrogen (secondary N) is 1. The highest BCUT2D eigenvalue weighted by Crippen LogP contribution is 2.43. The number of hydrogen-bond acceptors (Lipinski definition) is 4. The second-order valence-corrected chi connectivity index (χ2v) is 9.08. The molecule has 1 fully saturated rings. The molecule has 0 radical (unpaired) electrons. The van der Waals surface area contributed by atoms with Crippen LogP contribution in [0, 0.1) is 5.92 Å². The first-order valence-corrected chi connectivity index (χ1v) is 11.8. The van der Waals surface area contributed by atoms with Crippen LogP contribution in [0.15, 0.2) is 48.7 Å². The number of rotatable bonds is 7. The van der Waals surface area contributed by atoms with E-state index in [0.29, 0.717) is 47.4 Å². The maximum atomic E-state index is 12.4. The van der Waals surface area contributed by atoms with E-state index in [-0.39, 0.29) is 17.6 Å². The number of hydrogen-bond donors (Lipinski definition) is 2. The maximum Gasteiger partial charge on any atom is 0.251 e. The van der Waals surface area contributed by atoms with Crippen LogP contribution < -0.4 is 14.8 Å². The molecule has 2 N–H and O–H groups in total. The van der Waals surface area contributed by atoms with Crippen molar-refractivity contribution in [2.24, 2.45) is 5.92 Å². The summed E-state index contributed by atoms with van der Waals surface area (Å²) in [4.78, 5) is 12.4. The minimum Gasteiger partial charge on any atom is -0.512 e. The quantitative estimate of drug-likeness (QED) is 0.452. The van der Waals surface area contributed by atoms with Crippen molar-refractivity contribution in [3.05, 3.63) is 64.9 Å². The first kappa shape index (κ1) is 22.5. The molecule has 1 heterocycles. The zero-order chi connectivity index (χ0) is 22.5. The summed E-state index contributed by atoms with van der Waals surface area (Å²) in [5.41, 5.74) is 1.41. The van der Waals surface area contributed by atoms with Crippen LogP contribution in [0.3, 0.4) is 0 Å². The van der Waals surface area contributed by atoms with Crippen molar-refractivity contribution >= 4 is 17.5 Å². The Morgan fingerprint density at radius 3 is 2.62 bits per heavy atom. The lowest BCUT2D eigenvalue weighted by Gasteiger charge is -2.26. The first-order chi connectivity index (χ1) is 15.5. The summed E-state index contributed by atoms with van der Waals surface area (Å²) in [5, 5.41) is 13.3. The van der Waals surface area contributed by atoms with E-state index in [1.165, 1.54) is 32.1 Å². The fourth-order valence-electron chi connectivity index (χ4n) is 4.58. The molecule has 1 unspecified atom stereocenters. The van der Waals surface area contributed by atoms with Gasteiger partial charge in [0.05, 0.1) is 17.4 Å². The van der Waals surface area contributed by atoms with E-state index >= 15 is 0 Å². The van der Waals surface area contributed by atoms with Gasteiger partial charge in [0, 0.05) is 29.7 Å². The van der Waals surface area contributed by atoms with Crippen molar-refractivity contribution in [2.45, 2.75) is 50.9 Å². The molecular weight excluding hydrogens is 426 g/mol. The van der Waals surface area contributed by atoms with Crippen molar-refractivity contribution in [3.63, 3.8) is 0 Å². The molecule has 1 saturated carbocycles. The smallest absolute Gasteiger partial charge is 0.251 e. The van der Waals surface area contributed by atoms with E-state index in [9.17, 15) is 9.90 Å². The van der Waals surface area contributed by atoms with Gasteiger partial charge >= 0.3 is 0 Å². The number of ether oxygens (including phenoxy) is 2. The molecule has 0 spiro atoms. The molecule has 1 aliphatic carbocycles. The highest BCUT2D eigenvalue weighted by molar-refractivity contribution is 6.32. The first-order valence-electron chi connectivity index (χ1n) is 11.4. The third-order valence-electron chi connectivity index (χ3n) is 6.41. The van der Waals surface area contributed by atoms with E-state index in [1.807, 2.05) is 0 Å². The predicted molar refractivity (Wildman–Crippen MR) is 126 cm³/mol. The largest absolute Gasteiger partial charge is 0.512 e. The molecule has 0 aromatic heterocycles. The SMILES string of the molecule is C=C(O)C1CCOc2cc(Oc3ccc(C(=O)NCCC4CCCCC4)cc3)c(Cl)cc21. The van der Waals surface area contributed by atoms with Crippen molar-refractivity contribution in [3.8, 4) is 17.2 Å². The van der Waals surface area contributed by atoms with Gasteiger partial charge in [-0.1, -0.05) is 50.3 Å². The number of halogens is 1. The van der Waals surface area contributed by atoms with Crippen molar-refractivity contribution in [1.29, 1.82) is 0 Å². The van der Waals surface area contributed by atoms with E-state index in [0.717, 1.165) is 17.9 Å². The van der Waals surface area contributed by atoms with E-state index in [2.05, 4.69) is 11.9 Å². The summed E-state index contributed by atoms with van der Waals surface area (Å²) < 4.78 is 11.7. The van der Waals surface area contributed by atoms with Crippen LogP contribution in [-0.2, 0) is 0 Å². The third-order valence-corrected chi connectivity index (χ3v) is 6.71. The second-order valence-electron chi connectivity index (χ2n) is 8.68. The Balaban J connectivity index is 1.36. The lowest BCUT2D eigenvalue weighted by Crippen LogP contribution is -2.26. The van der Waals surface area contributed by atoms with E-state index < -0.39 is 0 Å².